The minimum atomic E-state index is -3.54. The quantitative estimate of drug-likeness (QED) is 0.512. The van der Waals surface area contributed by atoms with Crippen molar-refractivity contribution in [3.63, 3.8) is 0 Å². The zero-order chi connectivity index (χ0) is 18.6. The third kappa shape index (κ3) is 5.28. The van der Waals surface area contributed by atoms with Gasteiger partial charge in [0.25, 0.3) is 5.91 Å². The first-order chi connectivity index (χ1) is 11.7. The lowest BCUT2D eigenvalue weighted by molar-refractivity contribution is 0.0538. The second-order valence-corrected chi connectivity index (χ2v) is 7.17. The van der Waals surface area contributed by atoms with Crippen molar-refractivity contribution in [3.05, 3.63) is 40.8 Å². The van der Waals surface area contributed by atoms with Crippen molar-refractivity contribution < 1.29 is 18.0 Å². The summed E-state index contributed by atoms with van der Waals surface area (Å²) in [5.74, 6) is -0.458. The largest absolute Gasteiger partial charge is 0.352 e. The Bertz CT molecular complexity index is 904. The smallest absolute Gasteiger partial charge is 0.278 e. The highest BCUT2D eigenvalue weighted by Crippen LogP contribution is 2.28. The van der Waals surface area contributed by atoms with E-state index in [1.165, 1.54) is 19.4 Å². The van der Waals surface area contributed by atoms with Crippen molar-refractivity contribution in [3.8, 4) is 0 Å². The molecule has 0 bridgehead atoms. The van der Waals surface area contributed by atoms with E-state index in [1.54, 1.807) is 19.1 Å². The van der Waals surface area contributed by atoms with Crippen LogP contribution in [0.2, 0.25) is 5.15 Å². The Hall–Kier alpha value is -2.43. The summed E-state index contributed by atoms with van der Waals surface area (Å²) in [7, 11) is -2.24. The van der Waals surface area contributed by atoms with Crippen LogP contribution in [-0.2, 0) is 14.9 Å². The average molecular weight is 386 g/mol. The minimum Gasteiger partial charge on any atom is -0.352 e. The van der Waals surface area contributed by atoms with Gasteiger partial charge < -0.3 is 5.32 Å². The number of halogens is 1. The number of carbonyl (C=O) groups is 1. The summed E-state index contributed by atoms with van der Waals surface area (Å²) in [4.78, 5) is 24.7. The summed E-state index contributed by atoms with van der Waals surface area (Å²) in [5, 5.41) is 3.09. The lowest BCUT2D eigenvalue weighted by Crippen LogP contribution is -2.23. The van der Waals surface area contributed by atoms with Gasteiger partial charge in [-0.25, -0.2) is 23.9 Å². The molecule has 0 aliphatic rings. The van der Waals surface area contributed by atoms with Gasteiger partial charge in [0.15, 0.2) is 5.82 Å². The van der Waals surface area contributed by atoms with Gasteiger partial charge in [-0.15, -0.1) is 0 Å². The Balaban J connectivity index is 2.46. The van der Waals surface area contributed by atoms with Gasteiger partial charge in [0, 0.05) is 11.9 Å². The lowest BCUT2D eigenvalue weighted by atomic mass is 10.2. The Kier molecular flexibility index (Phi) is 5.77. The molecular formula is C14H16ClN5O4S. The molecule has 2 rings (SSSR count). The molecule has 25 heavy (non-hydrogen) atoms. The molecule has 0 aliphatic carbocycles. The summed E-state index contributed by atoms with van der Waals surface area (Å²) >= 11 is 5.90. The number of aryl methyl sites for hydroxylation is 1. The molecule has 134 valence electrons. The molecule has 2 aromatic heterocycles. The molecule has 2 heterocycles. The number of anilines is 3. The summed E-state index contributed by atoms with van der Waals surface area (Å²) in [5.41, 5.74) is 3.58. The van der Waals surface area contributed by atoms with Crippen LogP contribution < -0.4 is 15.5 Å². The van der Waals surface area contributed by atoms with Crippen molar-refractivity contribution in [2.45, 2.75) is 6.92 Å². The zero-order valence-corrected chi connectivity index (χ0v) is 15.2. The van der Waals surface area contributed by atoms with Gasteiger partial charge in [-0.2, -0.15) is 0 Å². The van der Waals surface area contributed by atoms with Gasteiger partial charge in [0.05, 0.1) is 30.3 Å². The first kappa shape index (κ1) is 18.9. The van der Waals surface area contributed by atoms with Gasteiger partial charge in [0.1, 0.15) is 5.15 Å². The minimum absolute atomic E-state index is 0.0912. The maximum atomic E-state index is 12.0. The fourth-order valence-corrected chi connectivity index (χ4v) is 2.58. The number of nitrogens with one attached hydrogen (secondary N) is 3. The van der Waals surface area contributed by atoms with Crippen LogP contribution in [0.3, 0.4) is 0 Å². The number of aromatic nitrogens is 2. The molecule has 0 atom stereocenters. The zero-order valence-electron chi connectivity index (χ0n) is 13.6. The highest BCUT2D eigenvalue weighted by molar-refractivity contribution is 7.92. The third-order valence-corrected chi connectivity index (χ3v) is 3.67. The Morgan fingerprint density at radius 2 is 2.00 bits per heavy atom. The molecule has 0 spiro atoms. The lowest BCUT2D eigenvalue weighted by Gasteiger charge is -2.15. The normalized spacial score (nSPS) is 11.0. The van der Waals surface area contributed by atoms with Crippen LogP contribution in [0.15, 0.2) is 24.4 Å². The monoisotopic (exact) mass is 385 g/mol. The van der Waals surface area contributed by atoms with Crippen molar-refractivity contribution >= 4 is 44.7 Å². The number of pyridine rings is 2. The van der Waals surface area contributed by atoms with E-state index < -0.39 is 15.9 Å². The molecule has 2 aromatic rings. The predicted molar refractivity (Wildman–Crippen MR) is 94.4 cm³/mol. The maximum absolute atomic E-state index is 12.0. The molecule has 0 unspecified atom stereocenters. The number of hydrogen-bond acceptors (Lipinski definition) is 7. The molecular weight excluding hydrogens is 370 g/mol. The fourth-order valence-electron chi connectivity index (χ4n) is 1.92. The summed E-state index contributed by atoms with van der Waals surface area (Å²) in [6.07, 6.45) is 2.28. The Labute approximate surface area is 149 Å². The van der Waals surface area contributed by atoms with Gasteiger partial charge in [-0.05, 0) is 25.1 Å². The summed E-state index contributed by atoms with van der Waals surface area (Å²) in [6, 6.07) is 4.74. The van der Waals surface area contributed by atoms with Crippen molar-refractivity contribution in [1.82, 2.24) is 15.4 Å². The molecule has 0 fully saturated rings. The van der Waals surface area contributed by atoms with E-state index in [0.717, 1.165) is 6.26 Å². The molecule has 0 saturated heterocycles. The standard InChI is InChI=1S/C14H16ClN5O4S/c1-8-4-5-10(13(17-8)20-25(3,22)23)18-11-6-12(15)16-7-9(11)14(21)19-24-2/h4-7H,1-3H3,(H,16,18)(H,17,20)(H,19,21). The van der Waals surface area contributed by atoms with Crippen LogP contribution in [0.1, 0.15) is 16.1 Å². The number of rotatable bonds is 6. The second-order valence-electron chi connectivity index (χ2n) is 5.04. The van der Waals surface area contributed by atoms with E-state index in [9.17, 15) is 13.2 Å². The fraction of sp³-hybridized carbons (Fsp3) is 0.214. The van der Waals surface area contributed by atoms with Gasteiger partial charge in [-0.1, -0.05) is 11.6 Å². The van der Waals surface area contributed by atoms with Crippen molar-refractivity contribution in [2.24, 2.45) is 0 Å². The maximum Gasteiger partial charge on any atom is 0.278 e. The van der Waals surface area contributed by atoms with Gasteiger partial charge in [-0.3, -0.25) is 14.4 Å². The molecule has 0 aromatic carbocycles. The highest BCUT2D eigenvalue weighted by Gasteiger charge is 2.16. The Morgan fingerprint density at radius 1 is 1.28 bits per heavy atom. The van der Waals surface area contributed by atoms with E-state index in [4.69, 9.17) is 11.6 Å². The average Bonchev–Trinajstić information content (AvgIpc) is 2.49. The van der Waals surface area contributed by atoms with Crippen LogP contribution in [0.4, 0.5) is 17.2 Å². The van der Waals surface area contributed by atoms with E-state index in [-0.39, 0.29) is 16.5 Å². The number of sulfonamides is 1. The van der Waals surface area contributed by atoms with E-state index in [0.29, 0.717) is 17.1 Å². The van der Waals surface area contributed by atoms with E-state index in [1.807, 2.05) is 0 Å². The van der Waals surface area contributed by atoms with Gasteiger partial charge >= 0.3 is 0 Å². The topological polar surface area (TPSA) is 122 Å². The van der Waals surface area contributed by atoms with Crippen molar-refractivity contribution in [1.29, 1.82) is 0 Å². The van der Waals surface area contributed by atoms with Crippen LogP contribution in [0.5, 0.6) is 0 Å². The SMILES string of the molecule is CONC(=O)c1cnc(Cl)cc1Nc1ccc(C)nc1NS(C)(=O)=O. The Morgan fingerprint density at radius 3 is 2.64 bits per heavy atom. The van der Waals surface area contributed by atoms with Crippen LogP contribution in [0, 0.1) is 6.92 Å². The van der Waals surface area contributed by atoms with Crippen LogP contribution in [0.25, 0.3) is 0 Å². The van der Waals surface area contributed by atoms with E-state index >= 15 is 0 Å². The molecule has 11 heteroatoms. The van der Waals surface area contributed by atoms with E-state index in [2.05, 4.69) is 30.3 Å². The molecule has 0 saturated carbocycles. The molecule has 3 N–H and O–H groups in total. The molecule has 0 aliphatic heterocycles. The molecule has 1 amide bonds. The number of carbonyl (C=O) groups excluding carboxylic acids is 1. The number of amides is 1. The third-order valence-electron chi connectivity index (χ3n) is 2.90. The number of hydroxylamine groups is 1. The molecule has 0 radical (unpaired) electrons. The van der Waals surface area contributed by atoms with Gasteiger partial charge in [0.2, 0.25) is 10.0 Å². The van der Waals surface area contributed by atoms with Crippen molar-refractivity contribution in [2.75, 3.05) is 23.4 Å². The predicted octanol–water partition coefficient (Wildman–Crippen LogP) is 1.84. The summed E-state index contributed by atoms with van der Waals surface area (Å²) in [6.45, 7) is 1.72. The number of hydrogen-bond donors (Lipinski definition) is 3. The second kappa shape index (κ2) is 7.64. The highest BCUT2D eigenvalue weighted by atomic mass is 35.5. The first-order valence-electron chi connectivity index (χ1n) is 6.91. The van der Waals surface area contributed by atoms with Crippen LogP contribution in [-0.4, -0.2) is 37.7 Å². The summed E-state index contributed by atoms with van der Waals surface area (Å²) < 4.78 is 25.4. The van der Waals surface area contributed by atoms with Crippen LogP contribution >= 0.6 is 11.6 Å². The first-order valence-corrected chi connectivity index (χ1v) is 9.18. The number of nitrogens with zero attached hydrogens (tertiary/aromatic N) is 2. The molecule has 9 nitrogen and oxygen atoms in total.